The van der Waals surface area contributed by atoms with E-state index in [1.807, 2.05) is 12.1 Å². The van der Waals surface area contributed by atoms with Gasteiger partial charge in [-0.3, -0.25) is 9.69 Å². The van der Waals surface area contributed by atoms with Gasteiger partial charge < -0.3 is 0 Å². The molecule has 1 amide bonds. The van der Waals surface area contributed by atoms with E-state index in [1.165, 1.54) is 11.1 Å². The van der Waals surface area contributed by atoms with Crippen molar-refractivity contribution in [2.75, 3.05) is 13.1 Å². The summed E-state index contributed by atoms with van der Waals surface area (Å²) in [5.41, 5.74) is 6.68. The minimum Gasteiger partial charge on any atom is -0.299 e. The number of carbonyl (C=O) groups is 1. The lowest BCUT2D eigenvalue weighted by Crippen LogP contribution is -2.39. The molecule has 158 valence electrons. The van der Waals surface area contributed by atoms with Crippen LogP contribution >= 0.6 is 11.6 Å². The molecule has 1 saturated heterocycles. The topological polar surface area (TPSA) is 44.7 Å². The first-order chi connectivity index (χ1) is 14.7. The molecule has 0 aromatic heterocycles. The fourth-order valence-corrected chi connectivity index (χ4v) is 4.67. The standard InChI is InChI=1S/C25H30ClN3O/c26-23-10-6-19(7-11-23)18-29-16-14-22(15-17-29)25(30)28-27-24-12-8-21(9-13-24)20-4-2-1-3-5-20/h1-7,10-11,21-22H,8-9,12-18H2,(H,28,30). The predicted molar refractivity (Wildman–Crippen MR) is 123 cm³/mol. The number of likely N-dealkylation sites (tertiary alicyclic amines) is 1. The third-order valence-corrected chi connectivity index (χ3v) is 6.69. The summed E-state index contributed by atoms with van der Waals surface area (Å²) in [7, 11) is 0. The molecule has 1 aliphatic heterocycles. The van der Waals surface area contributed by atoms with Gasteiger partial charge in [-0.2, -0.15) is 5.10 Å². The Hall–Kier alpha value is -2.17. The lowest BCUT2D eigenvalue weighted by molar-refractivity contribution is -0.126. The van der Waals surface area contributed by atoms with E-state index in [4.69, 9.17) is 11.6 Å². The number of nitrogens with one attached hydrogen (secondary N) is 1. The number of carbonyl (C=O) groups excluding carboxylic acids is 1. The van der Waals surface area contributed by atoms with Crippen molar-refractivity contribution >= 4 is 23.2 Å². The Labute approximate surface area is 184 Å². The number of benzene rings is 2. The van der Waals surface area contributed by atoms with Crippen molar-refractivity contribution in [1.82, 2.24) is 10.3 Å². The largest absolute Gasteiger partial charge is 0.299 e. The average molecular weight is 424 g/mol. The second-order valence-corrected chi connectivity index (χ2v) is 8.95. The third kappa shape index (κ3) is 5.71. The van der Waals surface area contributed by atoms with Gasteiger partial charge in [-0.25, -0.2) is 5.43 Å². The molecule has 2 aliphatic rings. The Balaban J connectivity index is 1.19. The maximum Gasteiger partial charge on any atom is 0.243 e. The van der Waals surface area contributed by atoms with Gasteiger partial charge in [0.1, 0.15) is 0 Å². The summed E-state index contributed by atoms with van der Waals surface area (Å²) in [6, 6.07) is 18.7. The molecule has 1 N–H and O–H groups in total. The van der Waals surface area contributed by atoms with E-state index in [2.05, 4.69) is 57.9 Å². The molecule has 0 radical (unpaired) electrons. The minimum absolute atomic E-state index is 0.0662. The first-order valence-corrected chi connectivity index (χ1v) is 11.4. The van der Waals surface area contributed by atoms with Crippen molar-refractivity contribution < 1.29 is 4.79 Å². The third-order valence-electron chi connectivity index (χ3n) is 6.44. The molecule has 2 aromatic carbocycles. The fourth-order valence-electron chi connectivity index (χ4n) is 4.55. The van der Waals surface area contributed by atoms with Gasteiger partial charge in [0.25, 0.3) is 0 Å². The molecule has 5 heteroatoms. The maximum absolute atomic E-state index is 12.6. The molecule has 1 saturated carbocycles. The van der Waals surface area contributed by atoms with Gasteiger partial charge >= 0.3 is 0 Å². The Morgan fingerprint density at radius 3 is 2.30 bits per heavy atom. The zero-order valence-corrected chi connectivity index (χ0v) is 18.2. The van der Waals surface area contributed by atoms with Gasteiger partial charge in [0, 0.05) is 23.2 Å². The first kappa shape index (κ1) is 21.1. The van der Waals surface area contributed by atoms with Crippen LogP contribution in [0.1, 0.15) is 55.6 Å². The molecule has 0 spiro atoms. The summed E-state index contributed by atoms with van der Waals surface area (Å²) < 4.78 is 0. The summed E-state index contributed by atoms with van der Waals surface area (Å²) in [6.07, 6.45) is 5.95. The van der Waals surface area contributed by atoms with Crippen molar-refractivity contribution in [1.29, 1.82) is 0 Å². The SMILES string of the molecule is O=C(NN=C1CCC(c2ccccc2)CC1)C1CCN(Cc2ccc(Cl)cc2)CC1. The zero-order valence-electron chi connectivity index (χ0n) is 17.4. The fraction of sp³-hybridized carbons (Fsp3) is 0.440. The first-order valence-electron chi connectivity index (χ1n) is 11.0. The molecular weight excluding hydrogens is 394 g/mol. The predicted octanol–water partition coefficient (Wildman–Crippen LogP) is 5.38. The Bertz CT molecular complexity index is 848. The number of piperidine rings is 1. The number of hydrogen-bond donors (Lipinski definition) is 1. The molecule has 0 unspecified atom stereocenters. The maximum atomic E-state index is 12.6. The van der Waals surface area contributed by atoms with Gasteiger partial charge in [0.15, 0.2) is 0 Å². The molecule has 0 bridgehead atoms. The highest BCUT2D eigenvalue weighted by Crippen LogP contribution is 2.31. The molecular formula is C25H30ClN3O. The number of hydrazone groups is 1. The molecule has 1 heterocycles. The van der Waals surface area contributed by atoms with Crippen LogP contribution in [0.3, 0.4) is 0 Å². The number of nitrogens with zero attached hydrogens (tertiary/aromatic N) is 2. The van der Waals surface area contributed by atoms with E-state index >= 15 is 0 Å². The van der Waals surface area contributed by atoms with Gasteiger partial charge in [-0.15, -0.1) is 0 Å². The molecule has 1 aliphatic carbocycles. The highest BCUT2D eigenvalue weighted by Gasteiger charge is 2.25. The summed E-state index contributed by atoms with van der Waals surface area (Å²) >= 11 is 5.96. The van der Waals surface area contributed by atoms with E-state index < -0.39 is 0 Å². The lowest BCUT2D eigenvalue weighted by Gasteiger charge is -2.31. The van der Waals surface area contributed by atoms with Crippen LogP contribution in [0.15, 0.2) is 59.7 Å². The number of hydrogen-bond acceptors (Lipinski definition) is 3. The van der Waals surface area contributed by atoms with Crippen molar-refractivity contribution in [3.63, 3.8) is 0 Å². The second kappa shape index (κ2) is 10.2. The summed E-state index contributed by atoms with van der Waals surface area (Å²) in [4.78, 5) is 15.0. The van der Waals surface area contributed by atoms with Crippen LogP contribution < -0.4 is 5.43 Å². The summed E-state index contributed by atoms with van der Waals surface area (Å²) in [6.45, 7) is 2.79. The minimum atomic E-state index is 0.0662. The van der Waals surface area contributed by atoms with Crippen molar-refractivity contribution in [2.45, 2.75) is 51.0 Å². The van der Waals surface area contributed by atoms with Crippen LogP contribution in [0, 0.1) is 5.92 Å². The van der Waals surface area contributed by atoms with Gasteiger partial charge in [0.2, 0.25) is 5.91 Å². The summed E-state index contributed by atoms with van der Waals surface area (Å²) in [5.74, 6) is 0.765. The average Bonchev–Trinajstić information content (AvgIpc) is 2.80. The molecule has 2 fully saturated rings. The highest BCUT2D eigenvalue weighted by atomic mass is 35.5. The molecule has 4 nitrogen and oxygen atoms in total. The van der Waals surface area contributed by atoms with Gasteiger partial charge in [-0.05, 0) is 80.8 Å². The Morgan fingerprint density at radius 2 is 1.63 bits per heavy atom. The quantitative estimate of drug-likeness (QED) is 0.656. The van der Waals surface area contributed by atoms with E-state index in [-0.39, 0.29) is 11.8 Å². The van der Waals surface area contributed by atoms with E-state index in [0.29, 0.717) is 5.92 Å². The van der Waals surface area contributed by atoms with Crippen molar-refractivity contribution in [3.8, 4) is 0 Å². The van der Waals surface area contributed by atoms with Crippen LogP contribution in [0.4, 0.5) is 0 Å². The monoisotopic (exact) mass is 423 g/mol. The number of rotatable bonds is 5. The summed E-state index contributed by atoms with van der Waals surface area (Å²) in [5, 5.41) is 5.24. The molecule has 30 heavy (non-hydrogen) atoms. The van der Waals surface area contributed by atoms with Crippen molar-refractivity contribution in [2.24, 2.45) is 11.0 Å². The number of amides is 1. The van der Waals surface area contributed by atoms with Crippen molar-refractivity contribution in [3.05, 3.63) is 70.7 Å². The molecule has 4 rings (SSSR count). The Morgan fingerprint density at radius 1 is 0.967 bits per heavy atom. The van der Waals surface area contributed by atoms with Crippen LogP contribution in [0.25, 0.3) is 0 Å². The van der Waals surface area contributed by atoms with Crippen LogP contribution in [0.2, 0.25) is 5.02 Å². The smallest absolute Gasteiger partial charge is 0.243 e. The molecule has 0 atom stereocenters. The Kier molecular flexibility index (Phi) is 7.19. The van der Waals surface area contributed by atoms with E-state index in [1.54, 1.807) is 0 Å². The molecule has 2 aromatic rings. The van der Waals surface area contributed by atoms with Crippen LogP contribution in [-0.4, -0.2) is 29.6 Å². The van der Waals surface area contributed by atoms with E-state index in [0.717, 1.165) is 68.9 Å². The van der Waals surface area contributed by atoms with Gasteiger partial charge in [0.05, 0.1) is 0 Å². The second-order valence-electron chi connectivity index (χ2n) is 8.52. The van der Waals surface area contributed by atoms with Crippen LogP contribution in [-0.2, 0) is 11.3 Å². The van der Waals surface area contributed by atoms with Gasteiger partial charge in [-0.1, -0.05) is 54.1 Å². The highest BCUT2D eigenvalue weighted by molar-refractivity contribution is 6.30. The number of halogens is 1. The zero-order chi connectivity index (χ0) is 20.8. The van der Waals surface area contributed by atoms with Crippen LogP contribution in [0.5, 0.6) is 0 Å². The lowest BCUT2D eigenvalue weighted by atomic mass is 9.83. The van der Waals surface area contributed by atoms with E-state index in [9.17, 15) is 4.79 Å². The normalized spacial score (nSPS) is 20.7.